The summed E-state index contributed by atoms with van der Waals surface area (Å²) in [6.07, 6.45) is 4.15. The third-order valence-electron chi connectivity index (χ3n) is 5.28. The van der Waals surface area contributed by atoms with Crippen molar-refractivity contribution in [3.05, 3.63) is 72.1 Å². The molecule has 0 radical (unpaired) electrons. The topological polar surface area (TPSA) is 61.4 Å². The van der Waals surface area contributed by atoms with Crippen molar-refractivity contribution in [1.29, 1.82) is 0 Å². The molecule has 6 nitrogen and oxygen atoms in total. The van der Waals surface area contributed by atoms with Crippen molar-refractivity contribution < 1.29 is 4.79 Å². The molecule has 1 N–H and O–H groups in total. The molecule has 1 aliphatic rings. The number of aromatic nitrogens is 2. The van der Waals surface area contributed by atoms with Gasteiger partial charge in [0, 0.05) is 49.1 Å². The molecule has 1 aliphatic heterocycles. The van der Waals surface area contributed by atoms with Crippen molar-refractivity contribution in [2.75, 3.05) is 34.8 Å². The molecule has 2 aromatic carbocycles. The summed E-state index contributed by atoms with van der Waals surface area (Å²) in [5.41, 5.74) is 4.77. The average molecular weight is 387 g/mol. The second-order valence-corrected chi connectivity index (χ2v) is 6.98. The first kappa shape index (κ1) is 18.9. The first-order valence-corrected chi connectivity index (χ1v) is 10.0. The van der Waals surface area contributed by atoms with Crippen molar-refractivity contribution >= 4 is 28.9 Å². The van der Waals surface area contributed by atoms with Crippen LogP contribution >= 0.6 is 0 Å². The predicted molar refractivity (Wildman–Crippen MR) is 117 cm³/mol. The lowest BCUT2D eigenvalue weighted by Gasteiger charge is -2.21. The van der Waals surface area contributed by atoms with E-state index in [4.69, 9.17) is 0 Å². The zero-order chi connectivity index (χ0) is 20.2. The molecule has 0 fully saturated rings. The Bertz CT molecular complexity index is 981. The van der Waals surface area contributed by atoms with E-state index in [2.05, 4.69) is 51.1 Å². The van der Waals surface area contributed by atoms with Crippen LogP contribution in [0.3, 0.4) is 0 Å². The number of nitrogens with one attached hydrogen (secondary N) is 1. The lowest BCUT2D eigenvalue weighted by molar-refractivity contribution is 0.102. The summed E-state index contributed by atoms with van der Waals surface area (Å²) in [6.45, 7) is 7.01. The van der Waals surface area contributed by atoms with Gasteiger partial charge in [-0.2, -0.15) is 0 Å². The molecule has 0 spiro atoms. The lowest BCUT2D eigenvalue weighted by Crippen LogP contribution is -2.21. The van der Waals surface area contributed by atoms with Gasteiger partial charge in [-0.05, 0) is 56.2 Å². The fraction of sp³-hybridized carbons (Fsp3) is 0.261. The number of fused-ring (bicyclic) bond motifs is 1. The van der Waals surface area contributed by atoms with Gasteiger partial charge in [-0.25, -0.2) is 9.97 Å². The van der Waals surface area contributed by atoms with E-state index >= 15 is 0 Å². The number of anilines is 4. The van der Waals surface area contributed by atoms with E-state index in [1.165, 1.54) is 5.56 Å². The summed E-state index contributed by atoms with van der Waals surface area (Å²) >= 11 is 0. The van der Waals surface area contributed by atoms with Crippen LogP contribution < -0.4 is 15.1 Å². The molecule has 2 heterocycles. The molecule has 6 heteroatoms. The summed E-state index contributed by atoms with van der Waals surface area (Å²) < 4.78 is 0. The maximum atomic E-state index is 12.6. The second kappa shape index (κ2) is 8.31. The highest BCUT2D eigenvalue weighted by molar-refractivity contribution is 6.04. The van der Waals surface area contributed by atoms with Crippen LogP contribution in [0.25, 0.3) is 0 Å². The van der Waals surface area contributed by atoms with Crippen LogP contribution in [0, 0.1) is 0 Å². The number of carbonyl (C=O) groups is 1. The fourth-order valence-electron chi connectivity index (χ4n) is 3.67. The summed E-state index contributed by atoms with van der Waals surface area (Å²) in [5.74, 6) is 0.407. The van der Waals surface area contributed by atoms with Crippen LogP contribution in [0.4, 0.5) is 23.0 Å². The van der Waals surface area contributed by atoms with Gasteiger partial charge in [0.1, 0.15) is 0 Å². The quantitative estimate of drug-likeness (QED) is 0.684. The molecule has 0 saturated carbocycles. The SMILES string of the molecule is CCN(CC)c1ccc(NC(=O)c2cnc(N3CCc4ccccc43)nc2)cc1. The molecule has 0 atom stereocenters. The van der Waals surface area contributed by atoms with Crippen LogP contribution in [0.1, 0.15) is 29.8 Å². The average Bonchev–Trinajstić information content (AvgIpc) is 3.20. The number of hydrogen-bond donors (Lipinski definition) is 1. The van der Waals surface area contributed by atoms with E-state index < -0.39 is 0 Å². The molecule has 1 amide bonds. The van der Waals surface area contributed by atoms with E-state index in [-0.39, 0.29) is 5.91 Å². The second-order valence-electron chi connectivity index (χ2n) is 6.98. The highest BCUT2D eigenvalue weighted by Gasteiger charge is 2.22. The molecule has 0 bridgehead atoms. The number of carbonyl (C=O) groups excluding carboxylic acids is 1. The largest absolute Gasteiger partial charge is 0.372 e. The smallest absolute Gasteiger partial charge is 0.258 e. The molecule has 3 aromatic rings. The Morgan fingerprint density at radius 1 is 1.03 bits per heavy atom. The molecule has 1 aromatic heterocycles. The highest BCUT2D eigenvalue weighted by Crippen LogP contribution is 2.31. The third kappa shape index (κ3) is 3.92. The predicted octanol–water partition coefficient (Wildman–Crippen LogP) is 4.27. The van der Waals surface area contributed by atoms with Crippen LogP contribution in [0.15, 0.2) is 60.9 Å². The number of hydrogen-bond acceptors (Lipinski definition) is 5. The maximum absolute atomic E-state index is 12.6. The normalized spacial score (nSPS) is 12.6. The van der Waals surface area contributed by atoms with Gasteiger partial charge >= 0.3 is 0 Å². The summed E-state index contributed by atoms with van der Waals surface area (Å²) in [4.78, 5) is 25.8. The van der Waals surface area contributed by atoms with Crippen LogP contribution in [0.2, 0.25) is 0 Å². The molecule has 29 heavy (non-hydrogen) atoms. The molecule has 0 unspecified atom stereocenters. The highest BCUT2D eigenvalue weighted by atomic mass is 16.1. The van der Waals surface area contributed by atoms with Crippen molar-refractivity contribution in [2.45, 2.75) is 20.3 Å². The standard InChI is InChI=1S/C23H25N5O/c1-3-27(4-2)20-11-9-19(10-12-20)26-22(29)18-15-24-23(25-16-18)28-14-13-17-7-5-6-8-21(17)28/h5-12,15-16H,3-4,13-14H2,1-2H3,(H,26,29). The number of para-hydroxylation sites is 1. The van der Waals surface area contributed by atoms with Gasteiger partial charge in [-0.3, -0.25) is 4.79 Å². The zero-order valence-electron chi connectivity index (χ0n) is 16.8. The van der Waals surface area contributed by atoms with Gasteiger partial charge < -0.3 is 15.1 Å². The minimum absolute atomic E-state index is 0.214. The molecule has 0 aliphatic carbocycles. The zero-order valence-corrected chi connectivity index (χ0v) is 16.8. The van der Waals surface area contributed by atoms with Crippen LogP contribution in [0.5, 0.6) is 0 Å². The van der Waals surface area contributed by atoms with Crippen molar-refractivity contribution in [3.63, 3.8) is 0 Å². The van der Waals surface area contributed by atoms with E-state index in [9.17, 15) is 4.79 Å². The molecule has 4 rings (SSSR count). The molecule has 0 saturated heterocycles. The number of rotatable bonds is 6. The summed E-state index contributed by atoms with van der Waals surface area (Å²) in [7, 11) is 0. The Labute approximate surface area is 171 Å². The van der Waals surface area contributed by atoms with E-state index in [1.54, 1.807) is 12.4 Å². The lowest BCUT2D eigenvalue weighted by atomic mass is 10.2. The van der Waals surface area contributed by atoms with Gasteiger partial charge in [0.25, 0.3) is 5.91 Å². The van der Waals surface area contributed by atoms with Gasteiger partial charge in [0.2, 0.25) is 5.95 Å². The monoisotopic (exact) mass is 387 g/mol. The van der Waals surface area contributed by atoms with E-state index in [1.807, 2.05) is 36.4 Å². The first-order chi connectivity index (χ1) is 14.2. The van der Waals surface area contributed by atoms with Gasteiger partial charge in [0.05, 0.1) is 5.56 Å². The van der Waals surface area contributed by atoms with Crippen molar-refractivity contribution in [2.24, 2.45) is 0 Å². The van der Waals surface area contributed by atoms with Gasteiger partial charge in [-0.1, -0.05) is 18.2 Å². The van der Waals surface area contributed by atoms with Crippen molar-refractivity contribution in [3.8, 4) is 0 Å². The van der Waals surface area contributed by atoms with E-state index in [0.717, 1.165) is 43.1 Å². The maximum Gasteiger partial charge on any atom is 0.258 e. The molecular formula is C23H25N5O. The Morgan fingerprint density at radius 3 is 2.41 bits per heavy atom. The summed E-state index contributed by atoms with van der Waals surface area (Å²) in [6, 6.07) is 16.1. The first-order valence-electron chi connectivity index (χ1n) is 10.0. The molecule has 148 valence electrons. The number of nitrogens with zero attached hydrogens (tertiary/aromatic N) is 4. The van der Waals surface area contributed by atoms with Crippen molar-refractivity contribution in [1.82, 2.24) is 9.97 Å². The Balaban J connectivity index is 1.44. The van der Waals surface area contributed by atoms with Crippen LogP contribution in [-0.2, 0) is 6.42 Å². The number of amides is 1. The Morgan fingerprint density at radius 2 is 1.72 bits per heavy atom. The summed E-state index contributed by atoms with van der Waals surface area (Å²) in [5, 5.41) is 2.91. The third-order valence-corrected chi connectivity index (χ3v) is 5.28. The van der Waals surface area contributed by atoms with E-state index in [0.29, 0.717) is 11.5 Å². The van der Waals surface area contributed by atoms with Gasteiger partial charge in [-0.15, -0.1) is 0 Å². The minimum atomic E-state index is -0.214. The Hall–Kier alpha value is -3.41. The Kier molecular flexibility index (Phi) is 5.42. The fourth-order valence-corrected chi connectivity index (χ4v) is 3.67. The van der Waals surface area contributed by atoms with Gasteiger partial charge in [0.15, 0.2) is 0 Å². The minimum Gasteiger partial charge on any atom is -0.372 e. The molecular weight excluding hydrogens is 362 g/mol. The number of benzene rings is 2. The van der Waals surface area contributed by atoms with Crippen LogP contribution in [-0.4, -0.2) is 35.5 Å².